The van der Waals surface area contributed by atoms with E-state index in [9.17, 15) is 9.90 Å². The van der Waals surface area contributed by atoms with Crippen molar-refractivity contribution in [1.82, 2.24) is 0 Å². The fourth-order valence-corrected chi connectivity index (χ4v) is 2.06. The third-order valence-electron chi connectivity index (χ3n) is 2.35. The summed E-state index contributed by atoms with van der Waals surface area (Å²) in [5.74, 6) is 0.125. The number of hydrogen-bond donors (Lipinski definition) is 1. The maximum Gasteiger partial charge on any atom is 0.192 e. The van der Waals surface area contributed by atoms with Crippen LogP contribution in [0.25, 0.3) is 0 Å². The molecule has 1 saturated carbocycles. The fourth-order valence-electron chi connectivity index (χ4n) is 1.37. The van der Waals surface area contributed by atoms with Gasteiger partial charge in [0.15, 0.2) is 5.78 Å². The van der Waals surface area contributed by atoms with Crippen LogP contribution in [0, 0.1) is 12.8 Å². The molecular formula is C10H12O2S. The molecule has 0 aliphatic heterocycles. The minimum atomic E-state index is -0.756. The molecule has 2 rings (SSSR count). The smallest absolute Gasteiger partial charge is 0.192 e. The molecular weight excluding hydrogens is 184 g/mol. The molecule has 2 nitrogen and oxygen atoms in total. The average Bonchev–Trinajstić information content (AvgIpc) is 2.87. The van der Waals surface area contributed by atoms with Gasteiger partial charge in [0.05, 0.1) is 0 Å². The Labute approximate surface area is 81.2 Å². The number of aliphatic hydroxyl groups is 1. The molecule has 1 fully saturated rings. The summed E-state index contributed by atoms with van der Waals surface area (Å²) >= 11 is 1.55. The van der Waals surface area contributed by atoms with Crippen LogP contribution in [-0.2, 0) is 0 Å². The van der Waals surface area contributed by atoms with Gasteiger partial charge in [-0.3, -0.25) is 4.79 Å². The molecule has 1 aliphatic carbocycles. The molecule has 13 heavy (non-hydrogen) atoms. The molecule has 0 saturated heterocycles. The van der Waals surface area contributed by atoms with Gasteiger partial charge in [-0.1, -0.05) is 0 Å². The Hall–Kier alpha value is -0.670. The van der Waals surface area contributed by atoms with E-state index in [0.717, 1.165) is 17.7 Å². The molecule has 1 aromatic heterocycles. The molecule has 3 heteroatoms. The Morgan fingerprint density at radius 1 is 1.69 bits per heavy atom. The highest BCUT2D eigenvalue weighted by Gasteiger charge is 2.35. The van der Waals surface area contributed by atoms with E-state index < -0.39 is 6.10 Å². The molecule has 0 radical (unpaired) electrons. The van der Waals surface area contributed by atoms with Gasteiger partial charge in [-0.05, 0) is 31.7 Å². The zero-order valence-corrected chi connectivity index (χ0v) is 8.30. The SMILES string of the molecule is Cc1cc(C(=O)C(O)C2CC2)cs1. The van der Waals surface area contributed by atoms with Crippen molar-refractivity contribution < 1.29 is 9.90 Å². The summed E-state index contributed by atoms with van der Waals surface area (Å²) in [5.41, 5.74) is 0.668. The second kappa shape index (κ2) is 3.24. The standard InChI is InChI=1S/C10H12O2S/c1-6-4-8(5-13-6)10(12)9(11)7-2-3-7/h4-5,7,9,11H,2-3H2,1H3. The van der Waals surface area contributed by atoms with Gasteiger partial charge in [0, 0.05) is 15.8 Å². The van der Waals surface area contributed by atoms with Gasteiger partial charge in [0.25, 0.3) is 0 Å². The summed E-state index contributed by atoms with van der Waals surface area (Å²) in [6.45, 7) is 1.96. The van der Waals surface area contributed by atoms with Crippen molar-refractivity contribution in [2.75, 3.05) is 0 Å². The van der Waals surface area contributed by atoms with E-state index in [1.54, 1.807) is 11.3 Å². The normalized spacial score (nSPS) is 18.6. The van der Waals surface area contributed by atoms with Crippen molar-refractivity contribution in [1.29, 1.82) is 0 Å². The minimum absolute atomic E-state index is 0.105. The van der Waals surface area contributed by atoms with Gasteiger partial charge in [0.1, 0.15) is 6.10 Å². The summed E-state index contributed by atoms with van der Waals surface area (Å²) < 4.78 is 0. The Balaban J connectivity index is 2.11. The summed E-state index contributed by atoms with van der Waals surface area (Å²) in [5, 5.41) is 11.4. The van der Waals surface area contributed by atoms with Crippen LogP contribution in [0.15, 0.2) is 11.4 Å². The monoisotopic (exact) mass is 196 g/mol. The van der Waals surface area contributed by atoms with Crippen LogP contribution in [0.5, 0.6) is 0 Å². The maximum absolute atomic E-state index is 11.6. The van der Waals surface area contributed by atoms with E-state index in [2.05, 4.69) is 0 Å². The van der Waals surface area contributed by atoms with E-state index in [4.69, 9.17) is 0 Å². The molecule has 1 aromatic rings. The van der Waals surface area contributed by atoms with Crippen molar-refractivity contribution in [2.45, 2.75) is 25.9 Å². The van der Waals surface area contributed by atoms with E-state index >= 15 is 0 Å². The number of carbonyl (C=O) groups is 1. The molecule has 0 spiro atoms. The number of rotatable bonds is 3. The highest BCUT2D eigenvalue weighted by Crippen LogP contribution is 2.34. The molecule has 0 amide bonds. The van der Waals surface area contributed by atoms with Crippen LogP contribution in [0.3, 0.4) is 0 Å². The third kappa shape index (κ3) is 1.81. The topological polar surface area (TPSA) is 37.3 Å². The second-order valence-corrected chi connectivity index (χ2v) is 4.71. The summed E-state index contributed by atoms with van der Waals surface area (Å²) in [4.78, 5) is 12.7. The van der Waals surface area contributed by atoms with E-state index in [-0.39, 0.29) is 11.7 Å². The van der Waals surface area contributed by atoms with Crippen molar-refractivity contribution in [3.63, 3.8) is 0 Å². The van der Waals surface area contributed by atoms with Crippen LogP contribution >= 0.6 is 11.3 Å². The van der Waals surface area contributed by atoms with E-state index in [0.29, 0.717) is 5.56 Å². The number of thiophene rings is 1. The number of ketones is 1. The van der Waals surface area contributed by atoms with Gasteiger partial charge >= 0.3 is 0 Å². The zero-order valence-electron chi connectivity index (χ0n) is 7.49. The average molecular weight is 196 g/mol. The van der Waals surface area contributed by atoms with Crippen molar-refractivity contribution in [2.24, 2.45) is 5.92 Å². The molecule has 1 heterocycles. The minimum Gasteiger partial charge on any atom is -0.385 e. The first kappa shape index (κ1) is 8.91. The lowest BCUT2D eigenvalue weighted by atomic mass is 10.1. The predicted octanol–water partition coefficient (Wildman–Crippen LogP) is 2.01. The van der Waals surface area contributed by atoms with Gasteiger partial charge in [-0.2, -0.15) is 0 Å². The highest BCUT2D eigenvalue weighted by atomic mass is 32.1. The molecule has 1 atom stereocenters. The van der Waals surface area contributed by atoms with Crippen LogP contribution in [-0.4, -0.2) is 17.0 Å². The lowest BCUT2D eigenvalue weighted by molar-refractivity contribution is 0.0704. The zero-order chi connectivity index (χ0) is 9.42. The summed E-state index contributed by atoms with van der Waals surface area (Å²) in [7, 11) is 0. The highest BCUT2D eigenvalue weighted by molar-refractivity contribution is 7.10. The Kier molecular flexibility index (Phi) is 2.22. The predicted molar refractivity (Wildman–Crippen MR) is 52.1 cm³/mol. The van der Waals surface area contributed by atoms with E-state index in [1.807, 2.05) is 18.4 Å². The number of aryl methyl sites for hydroxylation is 1. The Bertz CT molecular complexity index is 325. The quantitative estimate of drug-likeness (QED) is 0.751. The number of aliphatic hydroxyl groups excluding tert-OH is 1. The first-order valence-electron chi connectivity index (χ1n) is 4.46. The van der Waals surface area contributed by atoms with Gasteiger partial charge in [0.2, 0.25) is 0 Å². The van der Waals surface area contributed by atoms with E-state index in [1.165, 1.54) is 0 Å². The number of hydrogen-bond acceptors (Lipinski definition) is 3. The van der Waals surface area contributed by atoms with Crippen LogP contribution in [0.2, 0.25) is 0 Å². The van der Waals surface area contributed by atoms with Crippen LogP contribution in [0.1, 0.15) is 28.1 Å². The van der Waals surface area contributed by atoms with Crippen molar-refractivity contribution in [3.8, 4) is 0 Å². The van der Waals surface area contributed by atoms with Gasteiger partial charge < -0.3 is 5.11 Å². The maximum atomic E-state index is 11.6. The lowest BCUT2D eigenvalue weighted by Crippen LogP contribution is -2.21. The van der Waals surface area contributed by atoms with Crippen LogP contribution < -0.4 is 0 Å². The molecule has 0 bridgehead atoms. The first-order valence-corrected chi connectivity index (χ1v) is 5.34. The molecule has 1 aliphatic rings. The summed E-state index contributed by atoms with van der Waals surface area (Å²) in [6, 6.07) is 1.85. The Morgan fingerprint density at radius 3 is 2.85 bits per heavy atom. The molecule has 0 aromatic carbocycles. The lowest BCUT2D eigenvalue weighted by Gasteiger charge is -2.05. The molecule has 70 valence electrons. The number of Topliss-reactive ketones (excluding diaryl/α,β-unsaturated/α-hetero) is 1. The van der Waals surface area contributed by atoms with Crippen molar-refractivity contribution in [3.05, 3.63) is 21.9 Å². The summed E-state index contributed by atoms with van der Waals surface area (Å²) in [6.07, 6.45) is 1.24. The van der Waals surface area contributed by atoms with Gasteiger partial charge in [-0.25, -0.2) is 0 Å². The molecule has 1 unspecified atom stereocenters. The first-order chi connectivity index (χ1) is 6.18. The fraction of sp³-hybridized carbons (Fsp3) is 0.500. The van der Waals surface area contributed by atoms with Crippen LogP contribution in [0.4, 0.5) is 0 Å². The largest absolute Gasteiger partial charge is 0.385 e. The Morgan fingerprint density at radius 2 is 2.38 bits per heavy atom. The van der Waals surface area contributed by atoms with Gasteiger partial charge in [-0.15, -0.1) is 11.3 Å². The van der Waals surface area contributed by atoms with Crippen molar-refractivity contribution >= 4 is 17.1 Å². The number of carbonyl (C=O) groups excluding carboxylic acids is 1. The third-order valence-corrected chi connectivity index (χ3v) is 3.21. The second-order valence-electron chi connectivity index (χ2n) is 3.59. The molecule has 1 N–H and O–H groups in total.